The Hall–Kier alpha value is -3.86. The molecular formula is C27H27N3O2. The number of carbonyl (C=O) groups is 1. The second-order valence-corrected chi connectivity index (χ2v) is 7.47. The maximum absolute atomic E-state index is 13.3. The van der Waals surface area contributed by atoms with Crippen molar-refractivity contribution in [3.8, 4) is 17.0 Å². The van der Waals surface area contributed by atoms with Gasteiger partial charge in [0.25, 0.3) is 5.91 Å². The summed E-state index contributed by atoms with van der Waals surface area (Å²) in [4.78, 5) is 20.3. The molecule has 0 saturated heterocycles. The molecule has 0 radical (unpaired) electrons. The monoisotopic (exact) mass is 425 g/mol. The highest BCUT2D eigenvalue weighted by Crippen LogP contribution is 2.27. The Morgan fingerprint density at radius 2 is 1.62 bits per heavy atom. The summed E-state index contributed by atoms with van der Waals surface area (Å²) >= 11 is 0. The van der Waals surface area contributed by atoms with Gasteiger partial charge in [0.1, 0.15) is 5.75 Å². The zero-order valence-corrected chi connectivity index (χ0v) is 18.6. The minimum Gasteiger partial charge on any atom is -0.497 e. The third-order valence-corrected chi connectivity index (χ3v) is 5.60. The molecule has 1 aromatic heterocycles. The van der Waals surface area contributed by atoms with Gasteiger partial charge in [0.05, 0.1) is 23.9 Å². The van der Waals surface area contributed by atoms with E-state index in [0.717, 1.165) is 52.4 Å². The minimum absolute atomic E-state index is 0.158. The second kappa shape index (κ2) is 9.52. The zero-order valence-electron chi connectivity index (χ0n) is 18.6. The number of nitrogens with one attached hydrogen (secondary N) is 1. The van der Waals surface area contributed by atoms with Crippen molar-refractivity contribution >= 4 is 28.2 Å². The van der Waals surface area contributed by atoms with E-state index in [1.807, 2.05) is 78.9 Å². The number of rotatable bonds is 7. The molecule has 4 rings (SSSR count). The van der Waals surface area contributed by atoms with Gasteiger partial charge in [-0.25, -0.2) is 4.98 Å². The van der Waals surface area contributed by atoms with Gasteiger partial charge >= 0.3 is 0 Å². The number of amides is 1. The molecule has 162 valence electrons. The minimum atomic E-state index is -0.158. The van der Waals surface area contributed by atoms with Crippen LogP contribution < -0.4 is 15.0 Å². The first-order chi connectivity index (χ1) is 15.6. The fourth-order valence-electron chi connectivity index (χ4n) is 3.82. The summed E-state index contributed by atoms with van der Waals surface area (Å²) in [5.41, 5.74) is 4.95. The van der Waals surface area contributed by atoms with E-state index in [0.29, 0.717) is 5.56 Å². The lowest BCUT2D eigenvalue weighted by molar-refractivity contribution is 0.102. The van der Waals surface area contributed by atoms with Crippen LogP contribution in [0, 0.1) is 0 Å². The van der Waals surface area contributed by atoms with Crippen LogP contribution in [0.5, 0.6) is 5.75 Å². The van der Waals surface area contributed by atoms with Crippen LogP contribution in [0.15, 0.2) is 78.9 Å². The van der Waals surface area contributed by atoms with Gasteiger partial charge in [-0.15, -0.1) is 0 Å². The largest absolute Gasteiger partial charge is 0.497 e. The van der Waals surface area contributed by atoms with Crippen molar-refractivity contribution in [2.45, 2.75) is 13.8 Å². The highest BCUT2D eigenvalue weighted by molar-refractivity contribution is 6.13. The third kappa shape index (κ3) is 4.42. The average Bonchev–Trinajstić information content (AvgIpc) is 2.85. The number of nitrogens with zero attached hydrogens (tertiary/aromatic N) is 2. The highest BCUT2D eigenvalue weighted by atomic mass is 16.5. The summed E-state index contributed by atoms with van der Waals surface area (Å²) in [7, 11) is 1.64. The number of hydrogen-bond donors (Lipinski definition) is 1. The van der Waals surface area contributed by atoms with Crippen LogP contribution in [-0.4, -0.2) is 31.1 Å². The molecule has 0 aliphatic carbocycles. The number of aromatic nitrogens is 1. The van der Waals surface area contributed by atoms with Gasteiger partial charge < -0.3 is 15.0 Å². The Kier molecular flexibility index (Phi) is 6.36. The quantitative estimate of drug-likeness (QED) is 0.394. The Morgan fingerprint density at radius 3 is 2.28 bits per heavy atom. The van der Waals surface area contributed by atoms with Crippen LogP contribution in [-0.2, 0) is 0 Å². The topological polar surface area (TPSA) is 54.5 Å². The van der Waals surface area contributed by atoms with Crippen LogP contribution in [0.4, 0.5) is 11.4 Å². The summed E-state index contributed by atoms with van der Waals surface area (Å²) < 4.78 is 5.25. The molecule has 0 unspecified atom stereocenters. The van der Waals surface area contributed by atoms with Crippen molar-refractivity contribution in [1.82, 2.24) is 4.98 Å². The summed E-state index contributed by atoms with van der Waals surface area (Å²) in [6.07, 6.45) is 0. The van der Waals surface area contributed by atoms with Crippen LogP contribution in [0.2, 0.25) is 0 Å². The molecule has 0 aliphatic heterocycles. The Bertz CT molecular complexity index is 1210. The maximum Gasteiger partial charge on any atom is 0.256 e. The van der Waals surface area contributed by atoms with Gasteiger partial charge in [0, 0.05) is 35.4 Å². The molecule has 5 nitrogen and oxygen atoms in total. The van der Waals surface area contributed by atoms with E-state index in [2.05, 4.69) is 24.1 Å². The molecule has 1 N–H and O–H groups in total. The fourth-order valence-corrected chi connectivity index (χ4v) is 3.82. The molecule has 32 heavy (non-hydrogen) atoms. The van der Waals surface area contributed by atoms with Crippen molar-refractivity contribution in [3.63, 3.8) is 0 Å². The first-order valence-electron chi connectivity index (χ1n) is 10.8. The van der Waals surface area contributed by atoms with E-state index in [9.17, 15) is 4.79 Å². The van der Waals surface area contributed by atoms with Crippen LogP contribution >= 0.6 is 0 Å². The van der Waals surface area contributed by atoms with Crippen molar-refractivity contribution < 1.29 is 9.53 Å². The lowest BCUT2D eigenvalue weighted by Gasteiger charge is -2.21. The van der Waals surface area contributed by atoms with E-state index in [1.54, 1.807) is 7.11 Å². The van der Waals surface area contributed by atoms with Crippen LogP contribution in [0.25, 0.3) is 22.2 Å². The van der Waals surface area contributed by atoms with Gasteiger partial charge in [-0.1, -0.05) is 18.2 Å². The van der Waals surface area contributed by atoms with Gasteiger partial charge in [-0.2, -0.15) is 0 Å². The number of pyridine rings is 1. The predicted molar refractivity (Wildman–Crippen MR) is 132 cm³/mol. The lowest BCUT2D eigenvalue weighted by atomic mass is 10.0. The van der Waals surface area contributed by atoms with Crippen LogP contribution in [0.3, 0.4) is 0 Å². The molecule has 1 amide bonds. The van der Waals surface area contributed by atoms with Crippen molar-refractivity contribution in [2.24, 2.45) is 0 Å². The molecule has 0 bridgehead atoms. The number of hydrogen-bond acceptors (Lipinski definition) is 4. The number of ether oxygens (including phenoxy) is 1. The Balaban J connectivity index is 1.67. The molecule has 0 saturated carbocycles. The molecule has 0 fully saturated rings. The molecule has 0 spiro atoms. The molecule has 0 atom stereocenters. The molecule has 5 heteroatoms. The van der Waals surface area contributed by atoms with E-state index in [-0.39, 0.29) is 5.91 Å². The number of anilines is 2. The zero-order chi connectivity index (χ0) is 22.5. The van der Waals surface area contributed by atoms with E-state index < -0.39 is 0 Å². The number of para-hydroxylation sites is 1. The summed E-state index contributed by atoms with van der Waals surface area (Å²) in [5.74, 6) is 0.620. The summed E-state index contributed by atoms with van der Waals surface area (Å²) in [5, 5.41) is 3.87. The molecule has 4 aromatic rings. The first kappa shape index (κ1) is 21.4. The standard InChI is InChI=1S/C27H27N3O2/c1-4-30(5-2)21-14-12-20(13-15-21)28-27(31)24-18-26(19-10-16-22(32-3)17-11-19)29-25-9-7-6-8-23(24)25/h6-18H,4-5H2,1-3H3,(H,28,31). The van der Waals surface area contributed by atoms with Gasteiger partial charge in [-0.05, 0) is 74.5 Å². The fraction of sp³-hybridized carbons (Fsp3) is 0.185. The highest BCUT2D eigenvalue weighted by Gasteiger charge is 2.14. The van der Waals surface area contributed by atoms with Gasteiger partial charge in [0.2, 0.25) is 0 Å². The average molecular weight is 426 g/mol. The SMILES string of the molecule is CCN(CC)c1ccc(NC(=O)c2cc(-c3ccc(OC)cc3)nc3ccccc23)cc1. The van der Waals surface area contributed by atoms with Crippen molar-refractivity contribution in [2.75, 3.05) is 30.4 Å². The number of carbonyl (C=O) groups excluding carboxylic acids is 1. The van der Waals surface area contributed by atoms with E-state index in [1.165, 1.54) is 0 Å². The molecule has 3 aromatic carbocycles. The second-order valence-electron chi connectivity index (χ2n) is 7.47. The van der Waals surface area contributed by atoms with Gasteiger partial charge in [-0.3, -0.25) is 4.79 Å². The first-order valence-corrected chi connectivity index (χ1v) is 10.8. The van der Waals surface area contributed by atoms with E-state index in [4.69, 9.17) is 9.72 Å². The number of benzene rings is 3. The normalized spacial score (nSPS) is 10.7. The third-order valence-electron chi connectivity index (χ3n) is 5.60. The van der Waals surface area contributed by atoms with Crippen molar-refractivity contribution in [1.29, 1.82) is 0 Å². The Morgan fingerprint density at radius 1 is 0.938 bits per heavy atom. The summed E-state index contributed by atoms with van der Waals surface area (Å²) in [6.45, 7) is 6.15. The maximum atomic E-state index is 13.3. The van der Waals surface area contributed by atoms with Crippen molar-refractivity contribution in [3.05, 3.63) is 84.4 Å². The number of fused-ring (bicyclic) bond motifs is 1. The summed E-state index contributed by atoms with van der Waals surface area (Å²) in [6, 6.07) is 25.2. The van der Waals surface area contributed by atoms with Crippen LogP contribution in [0.1, 0.15) is 24.2 Å². The predicted octanol–water partition coefficient (Wildman–Crippen LogP) is 6.01. The lowest BCUT2D eigenvalue weighted by Crippen LogP contribution is -2.21. The molecule has 0 aliphatic rings. The Labute approximate surface area is 188 Å². The van der Waals surface area contributed by atoms with E-state index >= 15 is 0 Å². The van der Waals surface area contributed by atoms with Gasteiger partial charge in [0.15, 0.2) is 0 Å². The molecule has 1 heterocycles. The number of methoxy groups -OCH3 is 1. The molecular weight excluding hydrogens is 398 g/mol. The smallest absolute Gasteiger partial charge is 0.256 e.